The highest BCUT2D eigenvalue weighted by molar-refractivity contribution is 5.79. The first kappa shape index (κ1) is 21.7. The molecular formula is C24H29N7O. The molecule has 1 N–H and O–H groups in total. The van der Waals surface area contributed by atoms with E-state index >= 15 is 0 Å². The predicted molar refractivity (Wildman–Crippen MR) is 124 cm³/mol. The van der Waals surface area contributed by atoms with E-state index in [4.69, 9.17) is 0 Å². The average Bonchev–Trinajstić information content (AvgIpc) is 3.44. The van der Waals surface area contributed by atoms with Crippen molar-refractivity contribution in [2.45, 2.75) is 59.0 Å². The molecule has 0 fully saturated rings. The lowest BCUT2D eigenvalue weighted by Gasteiger charge is -2.10. The van der Waals surface area contributed by atoms with Crippen LogP contribution in [-0.4, -0.2) is 34.7 Å². The molecule has 0 aliphatic rings. The van der Waals surface area contributed by atoms with Gasteiger partial charge in [-0.15, -0.1) is 5.10 Å². The fourth-order valence-electron chi connectivity index (χ4n) is 3.92. The van der Waals surface area contributed by atoms with Gasteiger partial charge in [-0.3, -0.25) is 14.1 Å². The lowest BCUT2D eigenvalue weighted by atomic mass is 10.0. The number of aromatic nitrogens is 7. The SMILES string of the molecule is CCCCCc1cn(C(C)C)c(=O)n1Cc1ccc(-c2cnccc2-c2nnn[nH]2)cc1. The van der Waals surface area contributed by atoms with E-state index in [1.165, 1.54) is 6.42 Å². The smallest absolute Gasteiger partial charge is 0.296 e. The molecule has 0 aliphatic heterocycles. The number of aromatic amines is 1. The highest BCUT2D eigenvalue weighted by Crippen LogP contribution is 2.29. The summed E-state index contributed by atoms with van der Waals surface area (Å²) in [5.74, 6) is 0.602. The summed E-state index contributed by atoms with van der Waals surface area (Å²) in [5, 5.41) is 14.2. The van der Waals surface area contributed by atoms with Gasteiger partial charge in [0, 0.05) is 41.5 Å². The molecule has 32 heavy (non-hydrogen) atoms. The lowest BCUT2D eigenvalue weighted by molar-refractivity contribution is 0.560. The molecule has 8 nitrogen and oxygen atoms in total. The van der Waals surface area contributed by atoms with Crippen molar-refractivity contribution in [3.63, 3.8) is 0 Å². The molecule has 0 unspecified atom stereocenters. The molecule has 3 heterocycles. The van der Waals surface area contributed by atoms with E-state index in [9.17, 15) is 4.79 Å². The summed E-state index contributed by atoms with van der Waals surface area (Å²) < 4.78 is 3.75. The van der Waals surface area contributed by atoms with Crippen molar-refractivity contribution in [2.24, 2.45) is 0 Å². The van der Waals surface area contributed by atoms with Crippen molar-refractivity contribution >= 4 is 0 Å². The van der Waals surface area contributed by atoms with Crippen LogP contribution in [0, 0.1) is 0 Å². The monoisotopic (exact) mass is 431 g/mol. The minimum absolute atomic E-state index is 0.0583. The van der Waals surface area contributed by atoms with Crippen LogP contribution in [0.2, 0.25) is 0 Å². The highest BCUT2D eigenvalue weighted by Gasteiger charge is 2.14. The second-order valence-electron chi connectivity index (χ2n) is 8.32. The summed E-state index contributed by atoms with van der Waals surface area (Å²) in [5.41, 5.74) is 5.10. The first-order valence-corrected chi connectivity index (χ1v) is 11.2. The number of nitrogens with one attached hydrogen (secondary N) is 1. The number of imidazole rings is 1. The van der Waals surface area contributed by atoms with Gasteiger partial charge >= 0.3 is 5.69 Å². The maximum absolute atomic E-state index is 13.0. The number of hydrogen-bond donors (Lipinski definition) is 1. The van der Waals surface area contributed by atoms with Gasteiger partial charge in [0.15, 0.2) is 5.82 Å². The summed E-state index contributed by atoms with van der Waals surface area (Å²) in [4.78, 5) is 17.3. The number of benzene rings is 1. The van der Waals surface area contributed by atoms with Crippen LogP contribution in [0.15, 0.2) is 53.7 Å². The predicted octanol–water partition coefficient (Wildman–Crippen LogP) is 4.25. The van der Waals surface area contributed by atoms with Gasteiger partial charge in [-0.25, -0.2) is 9.89 Å². The summed E-state index contributed by atoms with van der Waals surface area (Å²) >= 11 is 0. The van der Waals surface area contributed by atoms with E-state index < -0.39 is 0 Å². The highest BCUT2D eigenvalue weighted by atomic mass is 16.1. The van der Waals surface area contributed by atoms with Crippen LogP contribution in [0.5, 0.6) is 0 Å². The Hall–Kier alpha value is -3.55. The van der Waals surface area contributed by atoms with Gasteiger partial charge in [0.1, 0.15) is 0 Å². The normalized spacial score (nSPS) is 11.4. The number of aryl methyl sites for hydroxylation is 1. The third-order valence-corrected chi connectivity index (χ3v) is 5.71. The molecule has 0 aliphatic carbocycles. The van der Waals surface area contributed by atoms with Crippen LogP contribution < -0.4 is 5.69 Å². The Morgan fingerprint density at radius 2 is 1.88 bits per heavy atom. The number of unbranched alkanes of at least 4 members (excludes halogenated alkanes) is 2. The van der Waals surface area contributed by atoms with Crippen molar-refractivity contribution < 1.29 is 0 Å². The van der Waals surface area contributed by atoms with Crippen molar-refractivity contribution in [3.8, 4) is 22.5 Å². The van der Waals surface area contributed by atoms with E-state index in [2.05, 4.69) is 56.8 Å². The van der Waals surface area contributed by atoms with Crippen LogP contribution in [0.25, 0.3) is 22.5 Å². The maximum atomic E-state index is 13.0. The molecular weight excluding hydrogens is 402 g/mol. The second-order valence-corrected chi connectivity index (χ2v) is 8.32. The number of rotatable bonds is 9. The van der Waals surface area contributed by atoms with Crippen molar-refractivity contribution in [2.75, 3.05) is 0 Å². The Morgan fingerprint density at radius 3 is 2.56 bits per heavy atom. The number of H-pyrrole nitrogens is 1. The van der Waals surface area contributed by atoms with Gasteiger partial charge in [-0.1, -0.05) is 44.0 Å². The van der Waals surface area contributed by atoms with Crippen molar-refractivity contribution in [1.82, 2.24) is 34.7 Å². The van der Waals surface area contributed by atoms with Gasteiger partial charge < -0.3 is 0 Å². The molecule has 0 saturated carbocycles. The Kier molecular flexibility index (Phi) is 6.58. The van der Waals surface area contributed by atoms with E-state index in [0.717, 1.165) is 47.2 Å². The Bertz CT molecular complexity index is 1200. The number of tetrazole rings is 1. The van der Waals surface area contributed by atoms with Crippen LogP contribution in [0.3, 0.4) is 0 Å². The van der Waals surface area contributed by atoms with Crippen molar-refractivity contribution in [1.29, 1.82) is 0 Å². The quantitative estimate of drug-likeness (QED) is 0.400. The van der Waals surface area contributed by atoms with Crippen LogP contribution in [-0.2, 0) is 13.0 Å². The zero-order valence-electron chi connectivity index (χ0n) is 18.8. The third-order valence-electron chi connectivity index (χ3n) is 5.71. The van der Waals surface area contributed by atoms with E-state index in [0.29, 0.717) is 12.4 Å². The van der Waals surface area contributed by atoms with E-state index in [1.54, 1.807) is 6.20 Å². The Balaban J connectivity index is 1.61. The first-order valence-electron chi connectivity index (χ1n) is 11.2. The molecule has 0 spiro atoms. The second kappa shape index (κ2) is 9.72. The lowest BCUT2D eigenvalue weighted by Crippen LogP contribution is -2.26. The minimum atomic E-state index is 0.0583. The average molecular weight is 432 g/mol. The zero-order valence-corrected chi connectivity index (χ0v) is 18.8. The number of pyridine rings is 1. The van der Waals surface area contributed by atoms with Gasteiger partial charge in [-0.2, -0.15) is 0 Å². The number of hydrogen-bond acceptors (Lipinski definition) is 5. The zero-order chi connectivity index (χ0) is 22.5. The minimum Gasteiger partial charge on any atom is -0.296 e. The molecule has 166 valence electrons. The Labute approximate surface area is 187 Å². The molecule has 0 saturated heterocycles. The van der Waals surface area contributed by atoms with Crippen LogP contribution in [0.4, 0.5) is 0 Å². The molecule has 3 aromatic heterocycles. The van der Waals surface area contributed by atoms with Gasteiger partial charge in [0.25, 0.3) is 0 Å². The largest absolute Gasteiger partial charge is 0.328 e. The molecule has 0 amide bonds. The first-order chi connectivity index (χ1) is 15.6. The third kappa shape index (κ3) is 4.54. The van der Waals surface area contributed by atoms with Gasteiger partial charge in [-0.05, 0) is 54.3 Å². The van der Waals surface area contributed by atoms with Crippen LogP contribution in [0.1, 0.15) is 57.3 Å². The summed E-state index contributed by atoms with van der Waals surface area (Å²) in [6.07, 6.45) is 9.92. The Morgan fingerprint density at radius 1 is 1.06 bits per heavy atom. The molecule has 0 atom stereocenters. The topological polar surface area (TPSA) is 94.3 Å². The molecule has 1 aromatic carbocycles. The van der Waals surface area contributed by atoms with Gasteiger partial charge in [0.05, 0.1) is 6.54 Å². The van der Waals surface area contributed by atoms with Crippen molar-refractivity contribution in [3.05, 3.63) is 70.7 Å². The maximum Gasteiger partial charge on any atom is 0.328 e. The number of nitrogens with zero attached hydrogens (tertiary/aromatic N) is 6. The summed E-state index contributed by atoms with van der Waals surface area (Å²) in [6, 6.07) is 10.3. The molecule has 4 rings (SSSR count). The summed E-state index contributed by atoms with van der Waals surface area (Å²) in [6.45, 7) is 6.85. The van der Waals surface area contributed by atoms with Gasteiger partial charge in [0.2, 0.25) is 0 Å². The fourth-order valence-corrected chi connectivity index (χ4v) is 3.92. The van der Waals surface area contributed by atoms with E-state index in [1.807, 2.05) is 41.4 Å². The fraction of sp³-hybridized carbons (Fsp3) is 0.375. The van der Waals surface area contributed by atoms with Crippen LogP contribution >= 0.6 is 0 Å². The molecule has 0 radical (unpaired) electrons. The molecule has 4 aromatic rings. The molecule has 0 bridgehead atoms. The summed E-state index contributed by atoms with van der Waals surface area (Å²) in [7, 11) is 0. The molecule has 8 heteroatoms. The standard InChI is InChI=1S/C24H29N7O/c1-4-5-6-7-20-16-30(17(2)3)24(32)31(20)15-18-8-10-19(11-9-18)22-14-25-13-12-21(22)23-26-28-29-27-23/h8-14,16-17H,4-7,15H2,1-3H3,(H,26,27,28,29). The van der Waals surface area contributed by atoms with E-state index in [-0.39, 0.29) is 11.7 Å².